The first-order valence-electron chi connectivity index (χ1n) is 9.85. The quantitative estimate of drug-likeness (QED) is 0.840. The zero-order chi connectivity index (χ0) is 19.2. The van der Waals surface area contributed by atoms with Gasteiger partial charge in [0.15, 0.2) is 0 Å². The smallest absolute Gasteiger partial charge is 0.242 e. The minimum atomic E-state index is -0.435. The van der Waals surface area contributed by atoms with Crippen LogP contribution in [-0.4, -0.2) is 36.0 Å². The second-order valence-corrected chi connectivity index (χ2v) is 7.41. The lowest BCUT2D eigenvalue weighted by atomic mass is 9.92. The van der Waals surface area contributed by atoms with Crippen molar-refractivity contribution in [3.63, 3.8) is 0 Å². The monoisotopic (exact) mass is 374 g/mol. The molecule has 1 N–H and O–H groups in total. The number of rotatable bonds is 6. The van der Waals surface area contributed by atoms with Crippen molar-refractivity contribution in [1.29, 1.82) is 0 Å². The lowest BCUT2D eigenvalue weighted by Gasteiger charge is -2.42. The summed E-state index contributed by atoms with van der Waals surface area (Å²) in [5, 5.41) is 3.01. The first-order chi connectivity index (χ1) is 13.8. The van der Waals surface area contributed by atoms with Gasteiger partial charge in [0.25, 0.3) is 0 Å². The Morgan fingerprint density at radius 2 is 1.79 bits per heavy atom. The lowest BCUT2D eigenvalue weighted by molar-refractivity contribution is -0.131. The van der Waals surface area contributed by atoms with E-state index in [9.17, 15) is 4.79 Å². The molecule has 4 heteroatoms. The van der Waals surface area contributed by atoms with E-state index in [0.29, 0.717) is 19.7 Å². The van der Waals surface area contributed by atoms with Gasteiger partial charge in [0, 0.05) is 19.6 Å². The van der Waals surface area contributed by atoms with Crippen molar-refractivity contribution >= 4 is 5.91 Å². The van der Waals surface area contributed by atoms with E-state index in [0.717, 1.165) is 24.1 Å². The molecule has 0 spiro atoms. The van der Waals surface area contributed by atoms with Crippen molar-refractivity contribution < 1.29 is 9.53 Å². The van der Waals surface area contributed by atoms with Gasteiger partial charge in [0.05, 0.1) is 6.61 Å². The minimum absolute atomic E-state index is 0.0611. The summed E-state index contributed by atoms with van der Waals surface area (Å²) in [6, 6.07) is 20.0. The summed E-state index contributed by atoms with van der Waals surface area (Å²) in [7, 11) is 0. The highest BCUT2D eigenvalue weighted by Gasteiger charge is 2.38. The van der Waals surface area contributed by atoms with Gasteiger partial charge in [0.2, 0.25) is 5.91 Å². The molecule has 144 valence electrons. The zero-order valence-electron chi connectivity index (χ0n) is 16.0. The first kappa shape index (κ1) is 18.7. The predicted octanol–water partition coefficient (Wildman–Crippen LogP) is 3.63. The van der Waals surface area contributed by atoms with E-state index in [1.54, 1.807) is 0 Å². The van der Waals surface area contributed by atoms with Crippen LogP contribution >= 0.6 is 0 Å². The number of nitrogens with one attached hydrogen (secondary N) is 1. The molecule has 2 aromatic carbocycles. The van der Waals surface area contributed by atoms with E-state index >= 15 is 0 Å². The second kappa shape index (κ2) is 8.55. The van der Waals surface area contributed by atoms with E-state index < -0.39 is 5.60 Å². The fourth-order valence-electron chi connectivity index (χ4n) is 3.94. The summed E-state index contributed by atoms with van der Waals surface area (Å²) in [6.45, 7) is 2.69. The Balaban J connectivity index is 1.55. The van der Waals surface area contributed by atoms with Crippen LogP contribution in [0.25, 0.3) is 0 Å². The van der Waals surface area contributed by atoms with E-state index in [1.165, 1.54) is 0 Å². The van der Waals surface area contributed by atoms with Crippen molar-refractivity contribution in [2.24, 2.45) is 0 Å². The molecule has 2 aromatic rings. The molecule has 2 atom stereocenters. The van der Waals surface area contributed by atoms with E-state index in [1.807, 2.05) is 48.5 Å². The van der Waals surface area contributed by atoms with Gasteiger partial charge in [0.1, 0.15) is 11.6 Å². The standard InChI is InChI=1S/C24H26N2O2/c27-23-22(21-12-6-2-7-13-21)26(17-16-25-23)19-24(14-8-3-9-15-24)28-18-20-10-4-1-5-11-20/h1-14,22H,15-19H2,(H,25,27). The molecular formula is C24H26N2O2. The molecule has 1 aliphatic carbocycles. The second-order valence-electron chi connectivity index (χ2n) is 7.41. The molecule has 1 fully saturated rings. The van der Waals surface area contributed by atoms with Crippen molar-refractivity contribution in [2.45, 2.75) is 24.7 Å². The molecule has 0 saturated carbocycles. The fourth-order valence-corrected chi connectivity index (χ4v) is 3.94. The van der Waals surface area contributed by atoms with Gasteiger partial charge < -0.3 is 10.1 Å². The number of amides is 1. The summed E-state index contributed by atoms with van der Waals surface area (Å²) in [5.41, 5.74) is 1.74. The van der Waals surface area contributed by atoms with Crippen LogP contribution in [0.3, 0.4) is 0 Å². The number of ether oxygens (including phenoxy) is 1. The summed E-state index contributed by atoms with van der Waals surface area (Å²) in [4.78, 5) is 15.0. The van der Waals surface area contributed by atoms with E-state index in [2.05, 4.69) is 46.7 Å². The number of allylic oxidation sites excluding steroid dienone is 2. The highest BCUT2D eigenvalue weighted by molar-refractivity contribution is 5.83. The Hall–Kier alpha value is -2.69. The Kier molecular flexibility index (Phi) is 5.70. The molecule has 0 radical (unpaired) electrons. The fraction of sp³-hybridized carbons (Fsp3) is 0.292. The summed E-state index contributed by atoms with van der Waals surface area (Å²) >= 11 is 0. The molecule has 2 unspecified atom stereocenters. The number of carbonyl (C=O) groups excluding carboxylic acids is 1. The molecule has 0 aromatic heterocycles. The number of carbonyl (C=O) groups is 1. The SMILES string of the molecule is O=C1NCCN(CC2(OCc3ccccc3)C=CC=CC2)C1c1ccccc1. The highest BCUT2D eigenvalue weighted by Crippen LogP contribution is 2.31. The number of benzene rings is 2. The number of piperazine rings is 1. The molecular weight excluding hydrogens is 348 g/mol. The molecule has 4 rings (SSSR count). The number of nitrogens with zero attached hydrogens (tertiary/aromatic N) is 1. The van der Waals surface area contributed by atoms with Crippen LogP contribution in [0.1, 0.15) is 23.6 Å². The molecule has 1 saturated heterocycles. The van der Waals surface area contributed by atoms with Gasteiger partial charge in [-0.25, -0.2) is 0 Å². The van der Waals surface area contributed by atoms with Gasteiger partial charge in [-0.3, -0.25) is 9.69 Å². The molecule has 4 nitrogen and oxygen atoms in total. The molecule has 28 heavy (non-hydrogen) atoms. The average Bonchev–Trinajstić information content (AvgIpc) is 2.75. The van der Waals surface area contributed by atoms with Gasteiger partial charge in [-0.1, -0.05) is 85.0 Å². The molecule has 1 amide bonds. The maximum atomic E-state index is 12.7. The van der Waals surface area contributed by atoms with Gasteiger partial charge in [-0.05, 0) is 17.5 Å². The average molecular weight is 374 g/mol. The lowest BCUT2D eigenvalue weighted by Crippen LogP contribution is -2.55. The molecule has 0 bridgehead atoms. The van der Waals surface area contributed by atoms with E-state index in [-0.39, 0.29) is 11.9 Å². The third-order valence-corrected chi connectivity index (χ3v) is 5.38. The molecule has 2 aliphatic rings. The van der Waals surface area contributed by atoms with Crippen LogP contribution in [0.5, 0.6) is 0 Å². The summed E-state index contributed by atoms with van der Waals surface area (Å²) in [6.07, 6.45) is 9.20. The summed E-state index contributed by atoms with van der Waals surface area (Å²) in [5.74, 6) is 0.0611. The Morgan fingerprint density at radius 3 is 2.50 bits per heavy atom. The van der Waals surface area contributed by atoms with Crippen LogP contribution < -0.4 is 5.32 Å². The van der Waals surface area contributed by atoms with Crippen molar-refractivity contribution in [3.8, 4) is 0 Å². The van der Waals surface area contributed by atoms with Crippen molar-refractivity contribution in [1.82, 2.24) is 10.2 Å². The minimum Gasteiger partial charge on any atom is -0.365 e. The van der Waals surface area contributed by atoms with Crippen molar-refractivity contribution in [3.05, 3.63) is 96.1 Å². The van der Waals surface area contributed by atoms with Gasteiger partial charge in [-0.2, -0.15) is 0 Å². The predicted molar refractivity (Wildman–Crippen MR) is 111 cm³/mol. The van der Waals surface area contributed by atoms with Crippen LogP contribution in [0.15, 0.2) is 85.0 Å². The maximum Gasteiger partial charge on any atom is 0.242 e. The molecule has 1 heterocycles. The third-order valence-electron chi connectivity index (χ3n) is 5.38. The largest absolute Gasteiger partial charge is 0.365 e. The first-order valence-corrected chi connectivity index (χ1v) is 9.85. The number of hydrogen-bond acceptors (Lipinski definition) is 3. The Labute approximate surface area is 166 Å². The van der Waals surface area contributed by atoms with Crippen molar-refractivity contribution in [2.75, 3.05) is 19.6 Å². The molecule has 1 aliphatic heterocycles. The summed E-state index contributed by atoms with van der Waals surface area (Å²) < 4.78 is 6.47. The van der Waals surface area contributed by atoms with Crippen LogP contribution in [0.4, 0.5) is 0 Å². The van der Waals surface area contributed by atoms with Gasteiger partial charge in [-0.15, -0.1) is 0 Å². The van der Waals surface area contributed by atoms with E-state index in [4.69, 9.17) is 4.74 Å². The maximum absolute atomic E-state index is 12.7. The zero-order valence-corrected chi connectivity index (χ0v) is 16.0. The van der Waals surface area contributed by atoms with Gasteiger partial charge >= 0.3 is 0 Å². The normalized spacial score (nSPS) is 24.9. The number of hydrogen-bond donors (Lipinski definition) is 1. The Bertz CT molecular complexity index is 847. The topological polar surface area (TPSA) is 41.6 Å². The highest BCUT2D eigenvalue weighted by atomic mass is 16.5. The third kappa shape index (κ3) is 4.24. The van der Waals surface area contributed by atoms with Crippen LogP contribution in [0, 0.1) is 0 Å². The van der Waals surface area contributed by atoms with Crippen LogP contribution in [0.2, 0.25) is 0 Å². The van der Waals surface area contributed by atoms with Crippen LogP contribution in [-0.2, 0) is 16.1 Å². The Morgan fingerprint density at radius 1 is 1.04 bits per heavy atom.